The third-order valence-corrected chi connectivity index (χ3v) is 3.99. The Kier molecular flexibility index (Phi) is 4.91. The van der Waals surface area contributed by atoms with Gasteiger partial charge in [0.1, 0.15) is 5.82 Å². The highest BCUT2D eigenvalue weighted by Crippen LogP contribution is 2.16. The van der Waals surface area contributed by atoms with Crippen LogP contribution in [0.15, 0.2) is 24.3 Å². The quantitative estimate of drug-likeness (QED) is 0.891. The fourth-order valence-corrected chi connectivity index (χ4v) is 2.94. The van der Waals surface area contributed by atoms with Crippen LogP contribution >= 0.6 is 0 Å². The maximum absolute atomic E-state index is 13.2. The third-order valence-electron chi connectivity index (χ3n) is 3.99. The molecule has 2 unspecified atom stereocenters. The number of likely N-dealkylation sites (N-methyl/N-ethyl adjacent to an activating group) is 1. The average Bonchev–Trinajstić information content (AvgIpc) is 2.38. The predicted octanol–water partition coefficient (Wildman–Crippen LogP) is 1.33. The van der Waals surface area contributed by atoms with Crippen LogP contribution in [0.2, 0.25) is 0 Å². The van der Waals surface area contributed by atoms with E-state index in [4.69, 9.17) is 5.73 Å². The average molecular weight is 265 g/mol. The summed E-state index contributed by atoms with van der Waals surface area (Å²) in [5.41, 5.74) is 6.94. The molecule has 0 saturated carbocycles. The van der Waals surface area contributed by atoms with Gasteiger partial charge < -0.3 is 10.6 Å². The fraction of sp³-hybridized carbons (Fsp3) is 0.600. The van der Waals surface area contributed by atoms with Crippen molar-refractivity contribution in [1.82, 2.24) is 9.80 Å². The molecule has 2 atom stereocenters. The van der Waals surface area contributed by atoms with Crippen molar-refractivity contribution in [3.63, 3.8) is 0 Å². The molecule has 0 bridgehead atoms. The molecule has 0 spiro atoms. The van der Waals surface area contributed by atoms with Gasteiger partial charge in [-0.1, -0.05) is 12.1 Å². The molecule has 0 aliphatic carbocycles. The van der Waals surface area contributed by atoms with Crippen LogP contribution in [0.1, 0.15) is 12.5 Å². The van der Waals surface area contributed by atoms with Gasteiger partial charge in [-0.25, -0.2) is 4.39 Å². The van der Waals surface area contributed by atoms with Crippen LogP contribution in [-0.4, -0.2) is 55.1 Å². The predicted molar refractivity (Wildman–Crippen MR) is 76.6 cm³/mol. The molecule has 1 aromatic rings. The van der Waals surface area contributed by atoms with Gasteiger partial charge in [0.15, 0.2) is 0 Å². The SMILES string of the molecule is CC(Cc1cccc(F)c1)N1CCN(C)CC1CN. The van der Waals surface area contributed by atoms with Crippen LogP contribution < -0.4 is 5.73 Å². The topological polar surface area (TPSA) is 32.5 Å². The number of nitrogens with zero attached hydrogens (tertiary/aromatic N) is 2. The van der Waals surface area contributed by atoms with Gasteiger partial charge in [0.25, 0.3) is 0 Å². The van der Waals surface area contributed by atoms with Crippen molar-refractivity contribution in [3.8, 4) is 0 Å². The van der Waals surface area contributed by atoms with E-state index in [9.17, 15) is 4.39 Å². The molecule has 1 aliphatic rings. The summed E-state index contributed by atoms with van der Waals surface area (Å²) in [6.45, 7) is 6.01. The first kappa shape index (κ1) is 14.4. The molecule has 2 N–H and O–H groups in total. The van der Waals surface area contributed by atoms with Crippen molar-refractivity contribution in [2.45, 2.75) is 25.4 Å². The summed E-state index contributed by atoms with van der Waals surface area (Å²) in [7, 11) is 2.14. The Morgan fingerprint density at radius 3 is 2.89 bits per heavy atom. The van der Waals surface area contributed by atoms with Gasteiger partial charge >= 0.3 is 0 Å². The number of halogens is 1. The lowest BCUT2D eigenvalue weighted by Crippen LogP contribution is -2.57. The Balaban J connectivity index is 2.00. The molecular weight excluding hydrogens is 241 g/mol. The summed E-state index contributed by atoms with van der Waals surface area (Å²) in [6, 6.07) is 7.69. The molecule has 0 aromatic heterocycles. The molecular formula is C15H24FN3. The number of rotatable bonds is 4. The highest BCUT2D eigenvalue weighted by atomic mass is 19.1. The Morgan fingerprint density at radius 1 is 1.42 bits per heavy atom. The summed E-state index contributed by atoms with van der Waals surface area (Å²) in [4.78, 5) is 4.79. The van der Waals surface area contributed by atoms with Crippen LogP contribution in [0.3, 0.4) is 0 Å². The zero-order chi connectivity index (χ0) is 13.8. The molecule has 1 fully saturated rings. The molecule has 1 saturated heterocycles. The minimum absolute atomic E-state index is 0.154. The molecule has 1 aliphatic heterocycles. The number of hydrogen-bond acceptors (Lipinski definition) is 3. The Morgan fingerprint density at radius 2 is 2.21 bits per heavy atom. The second-order valence-electron chi connectivity index (χ2n) is 5.57. The summed E-state index contributed by atoms with van der Waals surface area (Å²) in [6.07, 6.45) is 0.873. The van der Waals surface area contributed by atoms with E-state index in [1.54, 1.807) is 12.1 Å². The molecule has 4 heteroatoms. The van der Waals surface area contributed by atoms with Gasteiger partial charge in [0.2, 0.25) is 0 Å². The first-order valence-corrected chi connectivity index (χ1v) is 6.99. The van der Waals surface area contributed by atoms with E-state index in [-0.39, 0.29) is 5.82 Å². The summed E-state index contributed by atoms with van der Waals surface area (Å²) in [5, 5.41) is 0. The van der Waals surface area contributed by atoms with Gasteiger partial charge in [-0.3, -0.25) is 4.90 Å². The van der Waals surface area contributed by atoms with E-state index < -0.39 is 0 Å². The molecule has 106 valence electrons. The van der Waals surface area contributed by atoms with Crippen molar-refractivity contribution < 1.29 is 4.39 Å². The third kappa shape index (κ3) is 3.75. The normalized spacial score (nSPS) is 23.5. The van der Waals surface area contributed by atoms with Gasteiger partial charge in [-0.05, 0) is 38.1 Å². The van der Waals surface area contributed by atoms with Crippen LogP contribution in [0.5, 0.6) is 0 Å². The first-order chi connectivity index (χ1) is 9.10. The molecule has 2 rings (SSSR count). The Bertz CT molecular complexity index is 410. The smallest absolute Gasteiger partial charge is 0.123 e. The Labute approximate surface area is 115 Å². The number of piperazine rings is 1. The van der Waals surface area contributed by atoms with Crippen molar-refractivity contribution in [1.29, 1.82) is 0 Å². The van der Waals surface area contributed by atoms with E-state index in [0.29, 0.717) is 18.6 Å². The lowest BCUT2D eigenvalue weighted by molar-refractivity contribution is 0.0625. The highest BCUT2D eigenvalue weighted by molar-refractivity contribution is 5.17. The lowest BCUT2D eigenvalue weighted by atomic mass is 10.0. The zero-order valence-electron chi connectivity index (χ0n) is 11.8. The van der Waals surface area contributed by atoms with Crippen molar-refractivity contribution in [2.75, 3.05) is 33.2 Å². The van der Waals surface area contributed by atoms with Crippen LogP contribution in [0.4, 0.5) is 4.39 Å². The lowest BCUT2D eigenvalue weighted by Gasteiger charge is -2.43. The van der Waals surface area contributed by atoms with E-state index in [0.717, 1.165) is 31.6 Å². The number of benzene rings is 1. The largest absolute Gasteiger partial charge is 0.329 e. The van der Waals surface area contributed by atoms with E-state index in [1.165, 1.54) is 6.07 Å². The molecule has 0 amide bonds. The number of hydrogen-bond donors (Lipinski definition) is 1. The van der Waals surface area contributed by atoms with Crippen LogP contribution in [0, 0.1) is 5.82 Å². The minimum atomic E-state index is -0.154. The summed E-state index contributed by atoms with van der Waals surface area (Å²) in [5.74, 6) is -0.154. The highest BCUT2D eigenvalue weighted by Gasteiger charge is 2.27. The summed E-state index contributed by atoms with van der Waals surface area (Å²) < 4.78 is 13.2. The zero-order valence-corrected chi connectivity index (χ0v) is 11.8. The second-order valence-corrected chi connectivity index (χ2v) is 5.57. The summed E-state index contributed by atoms with van der Waals surface area (Å²) >= 11 is 0. The molecule has 3 nitrogen and oxygen atoms in total. The van der Waals surface area contributed by atoms with Crippen LogP contribution in [0.25, 0.3) is 0 Å². The molecule has 0 radical (unpaired) electrons. The van der Waals surface area contributed by atoms with Crippen molar-refractivity contribution >= 4 is 0 Å². The minimum Gasteiger partial charge on any atom is -0.329 e. The molecule has 1 heterocycles. The second kappa shape index (κ2) is 6.46. The monoisotopic (exact) mass is 265 g/mol. The maximum atomic E-state index is 13.2. The van der Waals surface area contributed by atoms with Gasteiger partial charge in [0, 0.05) is 38.3 Å². The van der Waals surface area contributed by atoms with E-state index >= 15 is 0 Å². The Hall–Kier alpha value is -0.970. The van der Waals surface area contributed by atoms with E-state index in [2.05, 4.69) is 23.8 Å². The van der Waals surface area contributed by atoms with E-state index in [1.807, 2.05) is 6.07 Å². The first-order valence-electron chi connectivity index (χ1n) is 6.99. The number of nitrogens with two attached hydrogens (primary N) is 1. The van der Waals surface area contributed by atoms with Gasteiger partial charge in [-0.2, -0.15) is 0 Å². The van der Waals surface area contributed by atoms with Gasteiger partial charge in [0.05, 0.1) is 0 Å². The fourth-order valence-electron chi connectivity index (χ4n) is 2.94. The van der Waals surface area contributed by atoms with Crippen LogP contribution in [-0.2, 0) is 6.42 Å². The molecule has 19 heavy (non-hydrogen) atoms. The van der Waals surface area contributed by atoms with Crippen molar-refractivity contribution in [3.05, 3.63) is 35.6 Å². The van der Waals surface area contributed by atoms with Gasteiger partial charge in [-0.15, -0.1) is 0 Å². The van der Waals surface area contributed by atoms with Crippen molar-refractivity contribution in [2.24, 2.45) is 5.73 Å². The maximum Gasteiger partial charge on any atom is 0.123 e. The molecule has 1 aromatic carbocycles. The standard InChI is InChI=1S/C15H24FN3/c1-12(8-13-4-3-5-14(16)9-13)19-7-6-18(2)11-15(19)10-17/h3-5,9,12,15H,6-8,10-11,17H2,1-2H3.